The third kappa shape index (κ3) is 1.83. The summed E-state index contributed by atoms with van der Waals surface area (Å²) >= 11 is 0. The molecule has 2 aromatic rings. The monoisotopic (exact) mass is 227 g/mol. The molecule has 17 heavy (non-hydrogen) atoms. The summed E-state index contributed by atoms with van der Waals surface area (Å²) in [5, 5.41) is 4.17. The SMILES string of the molecule is Nc1ccnn2c(C#CCC3(N)CC3)cnc12. The highest BCUT2D eigenvalue weighted by Crippen LogP contribution is 2.34. The van der Waals surface area contributed by atoms with Gasteiger partial charge in [-0.2, -0.15) is 5.10 Å². The molecule has 4 N–H and O–H groups in total. The highest BCUT2D eigenvalue weighted by molar-refractivity contribution is 5.64. The lowest BCUT2D eigenvalue weighted by atomic mass is 10.2. The van der Waals surface area contributed by atoms with Gasteiger partial charge in [-0.1, -0.05) is 5.92 Å². The van der Waals surface area contributed by atoms with Gasteiger partial charge in [0.2, 0.25) is 0 Å². The number of rotatable bonds is 1. The average Bonchev–Trinajstić information content (AvgIpc) is 2.89. The lowest BCUT2D eigenvalue weighted by Crippen LogP contribution is -2.20. The van der Waals surface area contributed by atoms with Crippen molar-refractivity contribution in [1.82, 2.24) is 14.6 Å². The Labute approximate surface area is 98.8 Å². The van der Waals surface area contributed by atoms with Crippen molar-refractivity contribution in [2.75, 3.05) is 5.73 Å². The minimum absolute atomic E-state index is 0.0417. The predicted octanol–water partition coefficient (Wildman–Crippen LogP) is 0.544. The van der Waals surface area contributed by atoms with E-state index in [1.54, 1.807) is 23.0 Å². The Morgan fingerprint density at radius 1 is 1.47 bits per heavy atom. The first-order valence-electron chi connectivity index (χ1n) is 5.54. The maximum absolute atomic E-state index is 5.96. The molecule has 0 radical (unpaired) electrons. The van der Waals surface area contributed by atoms with Gasteiger partial charge < -0.3 is 11.5 Å². The van der Waals surface area contributed by atoms with Gasteiger partial charge >= 0.3 is 0 Å². The van der Waals surface area contributed by atoms with Crippen molar-refractivity contribution in [3.63, 3.8) is 0 Å². The average molecular weight is 227 g/mol. The molecule has 0 saturated heterocycles. The van der Waals surface area contributed by atoms with Crippen molar-refractivity contribution < 1.29 is 0 Å². The van der Waals surface area contributed by atoms with Crippen LogP contribution in [0.25, 0.3) is 5.65 Å². The molecule has 0 unspecified atom stereocenters. The van der Waals surface area contributed by atoms with Crippen LogP contribution in [0.1, 0.15) is 25.0 Å². The Hall–Kier alpha value is -2.06. The third-order valence-corrected chi connectivity index (χ3v) is 2.98. The number of nitrogen functional groups attached to an aromatic ring is 1. The molecule has 0 amide bonds. The summed E-state index contributed by atoms with van der Waals surface area (Å²) in [5.74, 6) is 6.13. The van der Waals surface area contributed by atoms with E-state index in [1.807, 2.05) is 0 Å². The molecule has 5 nitrogen and oxygen atoms in total. The minimum atomic E-state index is -0.0417. The lowest BCUT2D eigenvalue weighted by Gasteiger charge is -1.99. The molecule has 0 atom stereocenters. The molecule has 1 saturated carbocycles. The first-order chi connectivity index (χ1) is 8.18. The number of nitrogens with two attached hydrogens (primary N) is 2. The number of hydrogen-bond acceptors (Lipinski definition) is 4. The van der Waals surface area contributed by atoms with Crippen LogP contribution in [0.15, 0.2) is 18.5 Å². The molecule has 1 aliphatic rings. The van der Waals surface area contributed by atoms with E-state index in [1.165, 1.54) is 0 Å². The van der Waals surface area contributed by atoms with Crippen LogP contribution in [0.4, 0.5) is 5.69 Å². The lowest BCUT2D eigenvalue weighted by molar-refractivity contribution is 0.701. The second kappa shape index (κ2) is 3.47. The van der Waals surface area contributed by atoms with Gasteiger partial charge in [-0.15, -0.1) is 0 Å². The molecular formula is C12H13N5. The molecule has 1 fully saturated rings. The van der Waals surface area contributed by atoms with Crippen LogP contribution in [0.2, 0.25) is 0 Å². The van der Waals surface area contributed by atoms with Crippen molar-refractivity contribution in [3.8, 4) is 11.8 Å². The van der Waals surface area contributed by atoms with Crippen LogP contribution in [0, 0.1) is 11.8 Å². The van der Waals surface area contributed by atoms with E-state index >= 15 is 0 Å². The Morgan fingerprint density at radius 2 is 2.29 bits per heavy atom. The minimum Gasteiger partial charge on any atom is -0.396 e. The fourth-order valence-electron chi connectivity index (χ4n) is 1.65. The zero-order valence-electron chi connectivity index (χ0n) is 9.35. The topological polar surface area (TPSA) is 82.2 Å². The van der Waals surface area contributed by atoms with Crippen LogP contribution in [-0.4, -0.2) is 20.1 Å². The molecule has 86 valence electrons. The molecule has 2 aromatic heterocycles. The summed E-state index contributed by atoms with van der Waals surface area (Å²) < 4.78 is 1.65. The van der Waals surface area contributed by atoms with E-state index in [0.29, 0.717) is 11.3 Å². The standard InChI is InChI=1S/C12H13N5/c13-10-3-7-16-17-9(8-15-11(10)17)2-1-4-12(14)5-6-12/h3,7-8H,4-6,13-14H2. The van der Waals surface area contributed by atoms with Gasteiger partial charge in [-0.25, -0.2) is 9.50 Å². The maximum Gasteiger partial charge on any atom is 0.178 e. The summed E-state index contributed by atoms with van der Waals surface area (Å²) in [6.45, 7) is 0. The van der Waals surface area contributed by atoms with Gasteiger partial charge in [0.1, 0.15) is 5.69 Å². The molecular weight excluding hydrogens is 214 g/mol. The number of anilines is 1. The van der Waals surface area contributed by atoms with Gasteiger partial charge in [-0.3, -0.25) is 0 Å². The summed E-state index contributed by atoms with van der Waals surface area (Å²) in [7, 11) is 0. The Bertz CT molecular complexity index is 627. The van der Waals surface area contributed by atoms with Crippen LogP contribution >= 0.6 is 0 Å². The Kier molecular flexibility index (Phi) is 2.06. The molecule has 0 spiro atoms. The summed E-state index contributed by atoms with van der Waals surface area (Å²) in [6, 6.07) is 1.72. The third-order valence-electron chi connectivity index (χ3n) is 2.98. The smallest absolute Gasteiger partial charge is 0.178 e. The number of hydrogen-bond donors (Lipinski definition) is 2. The number of nitrogens with zero attached hydrogens (tertiary/aromatic N) is 3. The molecule has 5 heteroatoms. The van der Waals surface area contributed by atoms with E-state index < -0.39 is 0 Å². The first-order valence-corrected chi connectivity index (χ1v) is 5.54. The summed E-state index contributed by atoms with van der Waals surface area (Å²) in [4.78, 5) is 4.19. The normalized spacial score (nSPS) is 16.5. The van der Waals surface area contributed by atoms with Crippen LogP contribution < -0.4 is 11.5 Å². The molecule has 0 bridgehead atoms. The van der Waals surface area contributed by atoms with Gasteiger partial charge in [0.05, 0.1) is 18.1 Å². The van der Waals surface area contributed by atoms with Crippen LogP contribution in [0.3, 0.4) is 0 Å². The first kappa shape index (κ1) is 10.1. The zero-order chi connectivity index (χ0) is 11.9. The van der Waals surface area contributed by atoms with E-state index in [2.05, 4.69) is 21.9 Å². The van der Waals surface area contributed by atoms with E-state index in [-0.39, 0.29) is 5.54 Å². The summed E-state index contributed by atoms with van der Waals surface area (Å²) in [6.07, 6.45) is 6.19. The van der Waals surface area contributed by atoms with Crippen molar-refractivity contribution in [2.45, 2.75) is 24.8 Å². The van der Waals surface area contributed by atoms with E-state index in [0.717, 1.165) is 25.0 Å². The van der Waals surface area contributed by atoms with Crippen molar-refractivity contribution >= 4 is 11.3 Å². The number of imidazole rings is 1. The molecule has 0 aromatic carbocycles. The second-order valence-corrected chi connectivity index (χ2v) is 4.51. The van der Waals surface area contributed by atoms with Crippen molar-refractivity contribution in [3.05, 3.63) is 24.2 Å². The highest BCUT2D eigenvalue weighted by Gasteiger charge is 2.36. The Morgan fingerprint density at radius 3 is 3.06 bits per heavy atom. The maximum atomic E-state index is 5.96. The Balaban J connectivity index is 1.92. The van der Waals surface area contributed by atoms with E-state index in [4.69, 9.17) is 11.5 Å². The second-order valence-electron chi connectivity index (χ2n) is 4.51. The molecule has 1 aliphatic carbocycles. The van der Waals surface area contributed by atoms with Crippen LogP contribution in [0.5, 0.6) is 0 Å². The predicted molar refractivity (Wildman–Crippen MR) is 65.0 cm³/mol. The fourth-order valence-corrected chi connectivity index (χ4v) is 1.65. The molecule has 0 aliphatic heterocycles. The van der Waals surface area contributed by atoms with Gasteiger partial charge in [0, 0.05) is 12.0 Å². The zero-order valence-corrected chi connectivity index (χ0v) is 9.35. The number of aromatic nitrogens is 3. The number of fused-ring (bicyclic) bond motifs is 1. The van der Waals surface area contributed by atoms with Crippen LogP contribution in [-0.2, 0) is 0 Å². The quantitative estimate of drug-likeness (QED) is 0.697. The van der Waals surface area contributed by atoms with Gasteiger partial charge in [-0.05, 0) is 24.8 Å². The van der Waals surface area contributed by atoms with Gasteiger partial charge in [0.25, 0.3) is 0 Å². The fraction of sp³-hybridized carbons (Fsp3) is 0.333. The van der Waals surface area contributed by atoms with Crippen molar-refractivity contribution in [1.29, 1.82) is 0 Å². The highest BCUT2D eigenvalue weighted by atomic mass is 15.3. The van der Waals surface area contributed by atoms with Crippen molar-refractivity contribution in [2.24, 2.45) is 5.73 Å². The largest absolute Gasteiger partial charge is 0.396 e. The summed E-state index contributed by atoms with van der Waals surface area (Å²) in [5.41, 5.74) is 13.7. The molecule has 2 heterocycles. The molecule has 3 rings (SSSR count). The van der Waals surface area contributed by atoms with E-state index in [9.17, 15) is 0 Å². The van der Waals surface area contributed by atoms with Gasteiger partial charge in [0.15, 0.2) is 5.65 Å².